The second-order valence-electron chi connectivity index (χ2n) is 2.10. The minimum absolute atomic E-state index is 0.158. The van der Waals surface area contributed by atoms with E-state index in [1.165, 1.54) is 12.1 Å². The van der Waals surface area contributed by atoms with Crippen molar-refractivity contribution in [2.24, 2.45) is 0 Å². The topological polar surface area (TPSA) is 37.3 Å². The number of aromatic carboxylic acids is 1. The van der Waals surface area contributed by atoms with E-state index >= 15 is 0 Å². The molecule has 5 heteroatoms. The monoisotopic (exact) mass is 314 g/mol. The molecule has 0 aliphatic rings. The SMILES string of the molecule is O=C(O)c1cc(S)c(I)c(Cl)c1. The van der Waals surface area contributed by atoms with Gasteiger partial charge in [0, 0.05) is 8.47 Å². The molecule has 1 aromatic carbocycles. The van der Waals surface area contributed by atoms with Crippen LogP contribution in [0.4, 0.5) is 0 Å². The highest BCUT2D eigenvalue weighted by Gasteiger charge is 2.08. The third-order valence-corrected chi connectivity index (χ3v) is 3.81. The molecule has 0 aromatic heterocycles. The molecule has 0 amide bonds. The van der Waals surface area contributed by atoms with Gasteiger partial charge < -0.3 is 5.11 Å². The number of rotatable bonds is 1. The molecule has 0 fully saturated rings. The summed E-state index contributed by atoms with van der Waals surface area (Å²) < 4.78 is 0.766. The van der Waals surface area contributed by atoms with Gasteiger partial charge in [0.1, 0.15) is 0 Å². The summed E-state index contributed by atoms with van der Waals surface area (Å²) in [5.41, 5.74) is 0.158. The summed E-state index contributed by atoms with van der Waals surface area (Å²) in [4.78, 5) is 11.1. The first kappa shape index (κ1) is 10.1. The molecule has 12 heavy (non-hydrogen) atoms. The number of hydrogen-bond acceptors (Lipinski definition) is 2. The second kappa shape index (κ2) is 3.85. The summed E-state index contributed by atoms with van der Waals surface area (Å²) >= 11 is 11.8. The van der Waals surface area contributed by atoms with Crippen molar-refractivity contribution >= 4 is 52.8 Å². The van der Waals surface area contributed by atoms with Crippen molar-refractivity contribution in [3.63, 3.8) is 0 Å². The van der Waals surface area contributed by atoms with Crippen LogP contribution in [0, 0.1) is 3.57 Å². The van der Waals surface area contributed by atoms with Crippen LogP contribution >= 0.6 is 46.8 Å². The highest BCUT2D eigenvalue weighted by atomic mass is 127. The van der Waals surface area contributed by atoms with E-state index in [2.05, 4.69) is 12.6 Å². The van der Waals surface area contributed by atoms with E-state index in [1.807, 2.05) is 22.6 Å². The van der Waals surface area contributed by atoms with Crippen LogP contribution in [0.15, 0.2) is 17.0 Å². The summed E-state index contributed by atoms with van der Waals surface area (Å²) in [6.07, 6.45) is 0. The normalized spacial score (nSPS) is 9.92. The Morgan fingerprint density at radius 3 is 2.58 bits per heavy atom. The van der Waals surface area contributed by atoms with Crippen LogP contribution in [0.1, 0.15) is 10.4 Å². The number of halogens is 2. The van der Waals surface area contributed by atoms with Crippen LogP contribution in [0.5, 0.6) is 0 Å². The molecule has 0 unspecified atom stereocenters. The van der Waals surface area contributed by atoms with Crippen LogP contribution in [0.2, 0.25) is 5.02 Å². The zero-order chi connectivity index (χ0) is 9.30. The summed E-state index contributed by atoms with van der Waals surface area (Å²) in [5, 5.41) is 9.05. The third-order valence-electron chi connectivity index (χ3n) is 1.26. The van der Waals surface area contributed by atoms with E-state index in [9.17, 15) is 4.79 Å². The van der Waals surface area contributed by atoms with Gasteiger partial charge in [-0.25, -0.2) is 4.79 Å². The van der Waals surface area contributed by atoms with Gasteiger partial charge in [-0.05, 0) is 34.7 Å². The second-order valence-corrected chi connectivity index (χ2v) is 4.06. The highest BCUT2D eigenvalue weighted by molar-refractivity contribution is 14.1. The molecule has 1 N–H and O–H groups in total. The Hall–Kier alpha value is 0.0600. The lowest BCUT2D eigenvalue weighted by Gasteiger charge is -2.01. The van der Waals surface area contributed by atoms with E-state index in [4.69, 9.17) is 16.7 Å². The molecule has 0 spiro atoms. The average molecular weight is 315 g/mol. The smallest absolute Gasteiger partial charge is 0.335 e. The van der Waals surface area contributed by atoms with Crippen molar-refractivity contribution in [3.05, 3.63) is 26.3 Å². The first-order valence-electron chi connectivity index (χ1n) is 2.93. The zero-order valence-electron chi connectivity index (χ0n) is 5.71. The fraction of sp³-hybridized carbons (Fsp3) is 0. The molecule has 0 aliphatic carbocycles. The summed E-state index contributed by atoms with van der Waals surface area (Å²) in [6, 6.07) is 2.88. The first-order valence-corrected chi connectivity index (χ1v) is 4.84. The molecule has 0 saturated heterocycles. The van der Waals surface area contributed by atoms with Gasteiger partial charge in [-0.15, -0.1) is 12.6 Å². The number of hydrogen-bond donors (Lipinski definition) is 2. The first-order chi connectivity index (χ1) is 5.52. The van der Waals surface area contributed by atoms with Gasteiger partial charge in [0.05, 0.1) is 10.6 Å². The molecular weight excluding hydrogens is 310 g/mol. The molecule has 2 nitrogen and oxygen atoms in total. The van der Waals surface area contributed by atoms with Crippen molar-refractivity contribution < 1.29 is 9.90 Å². The van der Waals surface area contributed by atoms with Gasteiger partial charge in [-0.1, -0.05) is 11.6 Å². The predicted molar refractivity (Wildman–Crippen MR) is 58.4 cm³/mol. The fourth-order valence-corrected chi connectivity index (χ4v) is 1.55. The lowest BCUT2D eigenvalue weighted by molar-refractivity contribution is 0.0696. The molecule has 0 saturated carbocycles. The van der Waals surface area contributed by atoms with Crippen LogP contribution in [-0.2, 0) is 0 Å². The summed E-state index contributed by atoms with van der Waals surface area (Å²) in [6.45, 7) is 0. The van der Waals surface area contributed by atoms with Crippen LogP contribution in [0.25, 0.3) is 0 Å². The van der Waals surface area contributed by atoms with Crippen LogP contribution in [0.3, 0.4) is 0 Å². The minimum Gasteiger partial charge on any atom is -0.478 e. The highest BCUT2D eigenvalue weighted by Crippen LogP contribution is 2.26. The Balaban J connectivity index is 3.31. The predicted octanol–water partition coefficient (Wildman–Crippen LogP) is 2.93. The maximum Gasteiger partial charge on any atom is 0.335 e. The molecule has 64 valence electrons. The van der Waals surface area contributed by atoms with Crippen LogP contribution < -0.4 is 0 Å². The van der Waals surface area contributed by atoms with Gasteiger partial charge in [-0.2, -0.15) is 0 Å². The summed E-state index contributed by atoms with van der Waals surface area (Å²) in [7, 11) is 0. The summed E-state index contributed by atoms with van der Waals surface area (Å²) in [5.74, 6) is -0.997. The molecule has 1 aromatic rings. The Morgan fingerprint density at radius 1 is 1.58 bits per heavy atom. The maximum absolute atomic E-state index is 10.5. The molecular formula is C7H4ClIO2S. The maximum atomic E-state index is 10.5. The van der Waals surface area contributed by atoms with E-state index in [0.29, 0.717) is 9.92 Å². The molecule has 1 rings (SSSR count). The third kappa shape index (κ3) is 2.05. The van der Waals surface area contributed by atoms with Crippen molar-refractivity contribution in [2.45, 2.75) is 4.90 Å². The van der Waals surface area contributed by atoms with Crippen molar-refractivity contribution in [2.75, 3.05) is 0 Å². The molecule has 0 aliphatic heterocycles. The molecule has 0 heterocycles. The minimum atomic E-state index is -0.997. The molecule has 0 radical (unpaired) electrons. The van der Waals surface area contributed by atoms with Gasteiger partial charge >= 0.3 is 5.97 Å². The average Bonchev–Trinajstić information content (AvgIpc) is 1.99. The Labute approximate surface area is 93.5 Å². The number of carboxylic acids is 1. The van der Waals surface area contributed by atoms with E-state index < -0.39 is 5.97 Å². The molecule has 0 atom stereocenters. The number of thiol groups is 1. The van der Waals surface area contributed by atoms with Gasteiger partial charge in [0.15, 0.2) is 0 Å². The van der Waals surface area contributed by atoms with E-state index in [-0.39, 0.29) is 5.56 Å². The zero-order valence-corrected chi connectivity index (χ0v) is 9.52. The lowest BCUT2D eigenvalue weighted by atomic mass is 10.2. The Morgan fingerprint density at radius 2 is 2.17 bits per heavy atom. The number of benzene rings is 1. The fourth-order valence-electron chi connectivity index (χ4n) is 0.698. The Bertz CT molecular complexity index is 317. The number of carboxylic acid groups (broad SMARTS) is 1. The van der Waals surface area contributed by atoms with Crippen molar-refractivity contribution in [1.82, 2.24) is 0 Å². The Kier molecular flexibility index (Phi) is 3.25. The van der Waals surface area contributed by atoms with Crippen molar-refractivity contribution in [3.8, 4) is 0 Å². The standard InChI is InChI=1S/C7H4ClIO2S/c8-4-1-3(7(10)11)2-5(12)6(4)9/h1-2,12H,(H,10,11). The molecule has 0 bridgehead atoms. The van der Waals surface area contributed by atoms with Crippen LogP contribution in [-0.4, -0.2) is 11.1 Å². The van der Waals surface area contributed by atoms with Gasteiger partial charge in [-0.3, -0.25) is 0 Å². The van der Waals surface area contributed by atoms with Gasteiger partial charge in [0.25, 0.3) is 0 Å². The quantitative estimate of drug-likeness (QED) is 0.618. The lowest BCUT2D eigenvalue weighted by Crippen LogP contribution is -1.96. The largest absolute Gasteiger partial charge is 0.478 e. The van der Waals surface area contributed by atoms with E-state index in [0.717, 1.165) is 3.57 Å². The van der Waals surface area contributed by atoms with Gasteiger partial charge in [0.2, 0.25) is 0 Å². The van der Waals surface area contributed by atoms with Crippen molar-refractivity contribution in [1.29, 1.82) is 0 Å². The van der Waals surface area contributed by atoms with E-state index in [1.54, 1.807) is 0 Å². The number of carbonyl (C=O) groups is 1.